The summed E-state index contributed by atoms with van der Waals surface area (Å²) in [5.41, 5.74) is 0.683. The number of nitrogens with one attached hydrogen (secondary N) is 2. The van der Waals surface area contributed by atoms with E-state index >= 15 is 0 Å². The number of benzene rings is 3. The maximum atomic E-state index is 13.3. The third kappa shape index (κ3) is 6.00. The molecule has 0 radical (unpaired) electrons. The molecule has 138 valence electrons. The van der Waals surface area contributed by atoms with E-state index in [1.165, 1.54) is 0 Å². The predicted molar refractivity (Wildman–Crippen MR) is 113 cm³/mol. The van der Waals surface area contributed by atoms with Crippen LogP contribution in [0.15, 0.2) is 84.9 Å². The molecule has 0 aliphatic heterocycles. The Bertz CT molecular complexity index is 895. The fraction of sp³-hybridized carbons (Fsp3) is 0. The molecule has 0 atom stereocenters. The van der Waals surface area contributed by atoms with Crippen LogP contribution in [0, 0.1) is 0 Å². The lowest BCUT2D eigenvalue weighted by Crippen LogP contribution is -2.29. The van der Waals surface area contributed by atoms with Crippen molar-refractivity contribution in [2.75, 3.05) is 5.32 Å². The van der Waals surface area contributed by atoms with Crippen LogP contribution in [-0.2, 0) is 4.57 Å². The van der Waals surface area contributed by atoms with Crippen molar-refractivity contribution in [1.29, 1.82) is 0 Å². The summed E-state index contributed by atoms with van der Waals surface area (Å²) in [6.45, 7) is 0. The second-order valence-electron chi connectivity index (χ2n) is 5.38. The molecule has 0 amide bonds. The van der Waals surface area contributed by atoms with Gasteiger partial charge in [0.2, 0.25) is 0 Å². The number of thiocarbonyl (C=S) groups is 1. The van der Waals surface area contributed by atoms with Crippen LogP contribution in [0.5, 0.6) is 11.5 Å². The molecule has 8 heteroatoms. The van der Waals surface area contributed by atoms with Gasteiger partial charge in [-0.05, 0) is 60.7 Å². The zero-order valence-corrected chi connectivity index (χ0v) is 16.5. The molecule has 3 rings (SSSR count). The molecule has 3 aromatic rings. The molecule has 0 aromatic heterocycles. The zero-order valence-electron chi connectivity index (χ0n) is 14.0. The Balaban J connectivity index is 1.77. The van der Waals surface area contributed by atoms with Crippen molar-refractivity contribution in [3.8, 4) is 11.5 Å². The van der Waals surface area contributed by atoms with Gasteiger partial charge in [-0.25, -0.2) is 9.65 Å². The summed E-state index contributed by atoms with van der Waals surface area (Å²) < 4.78 is 24.5. The van der Waals surface area contributed by atoms with Gasteiger partial charge < -0.3 is 14.4 Å². The number of hydrogen-bond donors (Lipinski definition) is 2. The van der Waals surface area contributed by atoms with Crippen LogP contribution in [0.2, 0.25) is 5.02 Å². The van der Waals surface area contributed by atoms with Crippen LogP contribution in [-0.4, -0.2) is 5.11 Å². The average molecular weight is 419 g/mol. The second-order valence-corrected chi connectivity index (χ2v) is 7.81. The normalized spacial score (nSPS) is 10.7. The summed E-state index contributed by atoms with van der Waals surface area (Å²) in [6.07, 6.45) is 0. The molecule has 27 heavy (non-hydrogen) atoms. The minimum Gasteiger partial charge on any atom is -0.400 e. The Morgan fingerprint density at radius 3 is 1.78 bits per heavy atom. The summed E-state index contributed by atoms with van der Waals surface area (Å²) in [6, 6.07) is 24.4. The minimum atomic E-state index is -3.85. The highest BCUT2D eigenvalue weighted by atomic mass is 35.5. The van der Waals surface area contributed by atoms with Crippen molar-refractivity contribution in [2.45, 2.75) is 0 Å². The Labute approximate surface area is 167 Å². The summed E-state index contributed by atoms with van der Waals surface area (Å²) in [5, 5.41) is 6.27. The van der Waals surface area contributed by atoms with E-state index in [1.807, 2.05) is 12.1 Å². The standard InChI is InChI=1S/C19H16ClN2O3PS/c20-15-11-13-16(14-12-15)21-19(27)22-26(23,24-17-7-3-1-4-8-17)25-18-9-5-2-6-10-18/h1-14H,(H2,21,22,23,27). The number of halogens is 1. The molecule has 0 bridgehead atoms. The summed E-state index contributed by atoms with van der Waals surface area (Å²) in [4.78, 5) is 0. The first-order valence-electron chi connectivity index (χ1n) is 7.97. The van der Waals surface area contributed by atoms with Crippen LogP contribution >= 0.6 is 31.6 Å². The van der Waals surface area contributed by atoms with Crippen LogP contribution < -0.4 is 19.5 Å². The molecule has 0 saturated heterocycles. The monoisotopic (exact) mass is 418 g/mol. The van der Waals surface area contributed by atoms with E-state index in [2.05, 4.69) is 10.4 Å². The average Bonchev–Trinajstić information content (AvgIpc) is 2.65. The predicted octanol–water partition coefficient (Wildman–Crippen LogP) is 5.89. The van der Waals surface area contributed by atoms with Crippen LogP contribution in [0.3, 0.4) is 0 Å². The van der Waals surface area contributed by atoms with Gasteiger partial charge in [0.05, 0.1) is 0 Å². The second kappa shape index (κ2) is 8.91. The van der Waals surface area contributed by atoms with E-state index < -0.39 is 7.75 Å². The quantitative estimate of drug-likeness (QED) is 0.384. The van der Waals surface area contributed by atoms with E-state index in [-0.39, 0.29) is 5.11 Å². The molecule has 0 fully saturated rings. The summed E-state index contributed by atoms with van der Waals surface area (Å²) in [7, 11) is -3.85. The number of anilines is 1. The number of para-hydroxylation sites is 2. The van der Waals surface area contributed by atoms with Crippen molar-refractivity contribution >= 4 is 42.4 Å². The molecule has 0 spiro atoms. The lowest BCUT2D eigenvalue weighted by Gasteiger charge is -2.21. The first kappa shape index (κ1) is 19.2. The molecule has 0 aliphatic carbocycles. The SMILES string of the molecule is O=P(NC(=S)Nc1ccc(Cl)cc1)(Oc1ccccc1)Oc1ccccc1. The molecule has 0 unspecified atom stereocenters. The van der Waals surface area contributed by atoms with Crippen molar-refractivity contribution in [3.63, 3.8) is 0 Å². The zero-order chi connectivity index (χ0) is 19.1. The van der Waals surface area contributed by atoms with E-state index in [0.717, 1.165) is 0 Å². The smallest absolute Gasteiger partial charge is 0.400 e. The van der Waals surface area contributed by atoms with Crippen LogP contribution in [0.25, 0.3) is 0 Å². The van der Waals surface area contributed by atoms with Gasteiger partial charge in [0.15, 0.2) is 5.11 Å². The molecular weight excluding hydrogens is 403 g/mol. The van der Waals surface area contributed by atoms with Gasteiger partial charge in [-0.15, -0.1) is 0 Å². The first-order chi connectivity index (χ1) is 13.0. The highest BCUT2D eigenvalue weighted by Gasteiger charge is 2.30. The van der Waals surface area contributed by atoms with E-state index in [1.54, 1.807) is 72.8 Å². The first-order valence-corrected chi connectivity index (χ1v) is 10.3. The van der Waals surface area contributed by atoms with E-state index in [9.17, 15) is 4.57 Å². The van der Waals surface area contributed by atoms with Crippen molar-refractivity contribution in [2.24, 2.45) is 0 Å². The van der Waals surface area contributed by atoms with Crippen LogP contribution in [0.4, 0.5) is 5.69 Å². The fourth-order valence-electron chi connectivity index (χ4n) is 2.12. The fourth-order valence-corrected chi connectivity index (χ4v) is 3.93. The molecule has 3 aromatic carbocycles. The molecule has 5 nitrogen and oxygen atoms in total. The Morgan fingerprint density at radius 2 is 1.30 bits per heavy atom. The number of rotatable bonds is 6. The molecule has 2 N–H and O–H groups in total. The van der Waals surface area contributed by atoms with Gasteiger partial charge in [-0.2, -0.15) is 0 Å². The maximum absolute atomic E-state index is 13.3. The summed E-state index contributed by atoms with van der Waals surface area (Å²) in [5.74, 6) is 0.775. The van der Waals surface area contributed by atoms with Gasteiger partial charge in [0.25, 0.3) is 0 Å². The van der Waals surface area contributed by atoms with E-state index in [0.29, 0.717) is 22.2 Å². The Kier molecular flexibility index (Phi) is 6.35. The maximum Gasteiger partial charge on any atom is 0.543 e. The summed E-state index contributed by atoms with van der Waals surface area (Å²) >= 11 is 11.1. The highest BCUT2D eigenvalue weighted by molar-refractivity contribution is 7.81. The van der Waals surface area contributed by atoms with E-state index in [4.69, 9.17) is 32.9 Å². The van der Waals surface area contributed by atoms with Crippen molar-refractivity contribution in [1.82, 2.24) is 5.09 Å². The molecule has 0 saturated carbocycles. The van der Waals surface area contributed by atoms with Gasteiger partial charge in [0.1, 0.15) is 11.5 Å². The van der Waals surface area contributed by atoms with Gasteiger partial charge in [-0.1, -0.05) is 48.0 Å². The number of hydrogen-bond acceptors (Lipinski definition) is 4. The van der Waals surface area contributed by atoms with Gasteiger partial charge in [0, 0.05) is 10.7 Å². The molecule has 0 aliphatic rings. The Hall–Kier alpha value is -2.53. The lowest BCUT2D eigenvalue weighted by molar-refractivity contribution is 0.381. The lowest BCUT2D eigenvalue weighted by atomic mass is 10.3. The topological polar surface area (TPSA) is 59.6 Å². The highest BCUT2D eigenvalue weighted by Crippen LogP contribution is 2.44. The van der Waals surface area contributed by atoms with Gasteiger partial charge in [-0.3, -0.25) is 0 Å². The third-order valence-corrected chi connectivity index (χ3v) is 5.29. The molecular formula is C19H16ClN2O3PS. The van der Waals surface area contributed by atoms with Crippen LogP contribution in [0.1, 0.15) is 0 Å². The van der Waals surface area contributed by atoms with Crippen molar-refractivity contribution < 1.29 is 13.6 Å². The van der Waals surface area contributed by atoms with Crippen molar-refractivity contribution in [3.05, 3.63) is 90.0 Å². The third-order valence-electron chi connectivity index (χ3n) is 3.28. The largest absolute Gasteiger partial charge is 0.543 e. The molecule has 0 heterocycles. The Morgan fingerprint density at radius 1 is 0.815 bits per heavy atom. The van der Waals surface area contributed by atoms with Gasteiger partial charge >= 0.3 is 7.75 Å². The minimum absolute atomic E-state index is 0.0903.